The smallest absolute Gasteiger partial charge is 0.221 e. The van der Waals surface area contributed by atoms with Gasteiger partial charge in [-0.1, -0.05) is 41.9 Å². The average molecular weight is 489 g/mol. The van der Waals surface area contributed by atoms with Crippen LogP contribution in [-0.4, -0.2) is 15.9 Å². The average Bonchev–Trinajstić information content (AvgIpc) is 2.83. The van der Waals surface area contributed by atoms with Gasteiger partial charge in [0.15, 0.2) is 0 Å². The molecule has 0 saturated carbocycles. The Morgan fingerprint density at radius 3 is 2.71 bits per heavy atom. The Bertz CT molecular complexity index is 1380. The van der Waals surface area contributed by atoms with E-state index < -0.39 is 0 Å². The molecule has 0 aliphatic rings. The largest absolute Gasteiger partial charge is 0.487 e. The maximum absolute atomic E-state index is 13.4. The lowest BCUT2D eigenvalue weighted by atomic mass is 10.1. The third-order valence-electron chi connectivity index (χ3n) is 4.88. The third-order valence-corrected chi connectivity index (χ3v) is 5.18. The summed E-state index contributed by atoms with van der Waals surface area (Å²) in [6.07, 6.45) is 6.94. The van der Waals surface area contributed by atoms with Gasteiger partial charge < -0.3 is 15.4 Å². The molecule has 1 aromatic heterocycles. The van der Waals surface area contributed by atoms with E-state index in [0.717, 1.165) is 16.8 Å². The van der Waals surface area contributed by atoms with E-state index in [-0.39, 0.29) is 18.3 Å². The van der Waals surface area contributed by atoms with E-state index in [1.165, 1.54) is 25.4 Å². The monoisotopic (exact) mass is 488 g/mol. The lowest BCUT2D eigenvalue weighted by Crippen LogP contribution is -2.05. The zero-order valence-electron chi connectivity index (χ0n) is 18.8. The van der Waals surface area contributed by atoms with E-state index in [2.05, 4.69) is 20.6 Å². The van der Waals surface area contributed by atoms with Crippen LogP contribution < -0.4 is 15.4 Å². The highest BCUT2D eigenvalue weighted by Crippen LogP contribution is 2.30. The van der Waals surface area contributed by atoms with E-state index in [4.69, 9.17) is 16.3 Å². The van der Waals surface area contributed by atoms with Crippen molar-refractivity contribution in [1.82, 2.24) is 9.97 Å². The predicted octanol–water partition coefficient (Wildman–Crippen LogP) is 6.72. The van der Waals surface area contributed by atoms with Crippen molar-refractivity contribution in [3.8, 4) is 5.75 Å². The molecule has 0 fully saturated rings. The Kier molecular flexibility index (Phi) is 7.70. The van der Waals surface area contributed by atoms with Gasteiger partial charge in [0.2, 0.25) is 5.91 Å². The number of carbonyl (C=O) groups is 1. The van der Waals surface area contributed by atoms with Crippen LogP contribution in [0.1, 0.15) is 23.6 Å². The van der Waals surface area contributed by atoms with Crippen molar-refractivity contribution in [2.75, 3.05) is 10.6 Å². The lowest BCUT2D eigenvalue weighted by molar-refractivity contribution is -0.114. The van der Waals surface area contributed by atoms with Crippen LogP contribution >= 0.6 is 11.6 Å². The molecule has 6 nitrogen and oxygen atoms in total. The van der Waals surface area contributed by atoms with Crippen LogP contribution in [0.2, 0.25) is 5.02 Å². The van der Waals surface area contributed by atoms with E-state index in [9.17, 15) is 9.18 Å². The van der Waals surface area contributed by atoms with Gasteiger partial charge in [-0.3, -0.25) is 4.79 Å². The number of anilines is 3. The Hall–Kier alpha value is -4.23. The molecule has 0 saturated heterocycles. The second kappa shape index (κ2) is 11.3. The van der Waals surface area contributed by atoms with Gasteiger partial charge in [-0.05, 0) is 59.7 Å². The van der Waals surface area contributed by atoms with E-state index in [1.54, 1.807) is 30.5 Å². The summed E-state index contributed by atoms with van der Waals surface area (Å²) in [6.45, 7) is 1.67. The number of amides is 1. The third kappa shape index (κ3) is 6.88. The molecule has 0 bridgehead atoms. The Balaban J connectivity index is 1.46. The molecule has 0 spiro atoms. The number of carbonyl (C=O) groups excluding carboxylic acids is 1. The molecule has 176 valence electrons. The molecule has 0 unspecified atom stereocenters. The summed E-state index contributed by atoms with van der Waals surface area (Å²) in [5.74, 6) is 0.645. The zero-order valence-corrected chi connectivity index (χ0v) is 19.6. The number of hydrogen-bond donors (Lipinski definition) is 2. The number of hydrogen-bond acceptors (Lipinski definition) is 5. The molecule has 1 heterocycles. The molecule has 3 aromatic carbocycles. The summed E-state index contributed by atoms with van der Waals surface area (Å²) >= 11 is 6.41. The minimum absolute atomic E-state index is 0.127. The Labute approximate surface area is 207 Å². The van der Waals surface area contributed by atoms with Gasteiger partial charge in [0.25, 0.3) is 0 Å². The van der Waals surface area contributed by atoms with Crippen molar-refractivity contribution in [3.63, 3.8) is 0 Å². The van der Waals surface area contributed by atoms with Crippen LogP contribution in [0.25, 0.3) is 12.2 Å². The molecule has 0 aliphatic carbocycles. The Morgan fingerprint density at radius 2 is 1.91 bits per heavy atom. The van der Waals surface area contributed by atoms with Gasteiger partial charge in [0.1, 0.15) is 30.3 Å². The van der Waals surface area contributed by atoms with Crippen molar-refractivity contribution < 1.29 is 13.9 Å². The number of benzene rings is 3. The second-order valence-electron chi connectivity index (χ2n) is 7.66. The number of halogens is 2. The highest BCUT2D eigenvalue weighted by Gasteiger charge is 2.07. The normalized spacial score (nSPS) is 10.8. The number of rotatable bonds is 8. The maximum Gasteiger partial charge on any atom is 0.221 e. The predicted molar refractivity (Wildman–Crippen MR) is 137 cm³/mol. The van der Waals surface area contributed by atoms with Gasteiger partial charge in [0, 0.05) is 30.1 Å². The fourth-order valence-electron chi connectivity index (χ4n) is 3.30. The van der Waals surface area contributed by atoms with Crippen LogP contribution in [0.15, 0.2) is 79.3 Å². The fourth-order valence-corrected chi connectivity index (χ4v) is 3.53. The van der Waals surface area contributed by atoms with Crippen molar-refractivity contribution in [1.29, 1.82) is 0 Å². The van der Waals surface area contributed by atoms with Crippen molar-refractivity contribution in [2.24, 2.45) is 0 Å². The number of ether oxygens (including phenoxy) is 1. The Morgan fingerprint density at radius 1 is 1.06 bits per heavy atom. The highest BCUT2D eigenvalue weighted by atomic mass is 35.5. The molecular weight excluding hydrogens is 467 g/mol. The number of nitrogens with zero attached hydrogens (tertiary/aromatic N) is 2. The molecule has 4 rings (SSSR count). The molecule has 1 amide bonds. The summed E-state index contributed by atoms with van der Waals surface area (Å²) in [4.78, 5) is 19.8. The van der Waals surface area contributed by atoms with Gasteiger partial charge in [-0.15, -0.1) is 0 Å². The quantitative estimate of drug-likeness (QED) is 0.288. The van der Waals surface area contributed by atoms with Gasteiger partial charge >= 0.3 is 0 Å². The molecule has 0 atom stereocenters. The summed E-state index contributed by atoms with van der Waals surface area (Å²) in [5.41, 5.74) is 3.82. The van der Waals surface area contributed by atoms with Crippen molar-refractivity contribution >= 4 is 46.9 Å². The number of aromatic nitrogens is 2. The summed E-state index contributed by atoms with van der Waals surface area (Å²) in [7, 11) is 0. The maximum atomic E-state index is 13.4. The van der Waals surface area contributed by atoms with E-state index in [0.29, 0.717) is 27.8 Å². The van der Waals surface area contributed by atoms with Crippen LogP contribution in [0.5, 0.6) is 5.75 Å². The van der Waals surface area contributed by atoms with E-state index >= 15 is 0 Å². The molecule has 35 heavy (non-hydrogen) atoms. The van der Waals surface area contributed by atoms with Gasteiger partial charge in [-0.2, -0.15) is 0 Å². The van der Waals surface area contributed by atoms with Crippen LogP contribution in [0.4, 0.5) is 21.6 Å². The molecule has 8 heteroatoms. The van der Waals surface area contributed by atoms with Crippen LogP contribution in [-0.2, 0) is 11.4 Å². The van der Waals surface area contributed by atoms with Gasteiger partial charge in [-0.25, -0.2) is 14.4 Å². The summed E-state index contributed by atoms with van der Waals surface area (Å²) < 4.78 is 19.1. The van der Waals surface area contributed by atoms with Crippen LogP contribution in [0.3, 0.4) is 0 Å². The van der Waals surface area contributed by atoms with Crippen molar-refractivity contribution in [3.05, 3.63) is 107 Å². The van der Waals surface area contributed by atoms with E-state index in [1.807, 2.05) is 42.5 Å². The molecular formula is C27H22ClFN4O2. The highest BCUT2D eigenvalue weighted by molar-refractivity contribution is 6.32. The van der Waals surface area contributed by atoms with Crippen LogP contribution in [0, 0.1) is 5.82 Å². The first-order chi connectivity index (χ1) is 17.0. The second-order valence-corrected chi connectivity index (χ2v) is 8.06. The first-order valence-electron chi connectivity index (χ1n) is 10.8. The van der Waals surface area contributed by atoms with Gasteiger partial charge in [0.05, 0.1) is 5.02 Å². The standard InChI is InChI=1S/C27H22ClFN4O2/c1-18(34)32-23-7-3-4-19(13-23)8-9-21-15-30-17-31-27(21)33-24-10-11-26(25(28)14-24)35-16-20-5-2-6-22(29)12-20/h2-15,17H,16H2,1H3,(H,32,34)(H,30,31,33). The molecule has 4 aromatic rings. The molecule has 2 N–H and O–H groups in total. The lowest BCUT2D eigenvalue weighted by Gasteiger charge is -2.12. The number of nitrogens with one attached hydrogen (secondary N) is 2. The molecule has 0 aliphatic heterocycles. The minimum Gasteiger partial charge on any atom is -0.487 e. The first kappa shape index (κ1) is 23.9. The minimum atomic E-state index is -0.313. The van der Waals surface area contributed by atoms with Crippen molar-refractivity contribution in [2.45, 2.75) is 13.5 Å². The fraction of sp³-hybridized carbons (Fsp3) is 0.0741. The SMILES string of the molecule is CC(=O)Nc1cccc(C=Cc2cncnc2Nc2ccc(OCc3cccc(F)c3)c(Cl)c2)c1. The summed E-state index contributed by atoms with van der Waals surface area (Å²) in [6, 6.07) is 19.0. The zero-order chi connectivity index (χ0) is 24.6. The molecule has 0 radical (unpaired) electrons. The first-order valence-corrected chi connectivity index (χ1v) is 11.1. The topological polar surface area (TPSA) is 76.1 Å². The summed E-state index contributed by atoms with van der Waals surface area (Å²) in [5, 5.41) is 6.42.